The minimum absolute atomic E-state index is 0.549. The summed E-state index contributed by atoms with van der Waals surface area (Å²) in [7, 11) is 0. The van der Waals surface area contributed by atoms with Gasteiger partial charge in [0.2, 0.25) is 0 Å². The first-order valence-corrected chi connectivity index (χ1v) is 10.2. The zero-order chi connectivity index (χ0) is 15.0. The molecule has 0 aromatic heterocycles. The summed E-state index contributed by atoms with van der Waals surface area (Å²) in [5.74, 6) is 0.549. The standard InChI is InChI=1S/C18H20NO.W/c1-13(2)16-9-10-17(14(3)11-16)12-19-18(20)15-7-5-4-6-8-15;/h4-7,9-11,13,18-20H,1-3H3;. The molecule has 109 valence electrons. The fraction of sp³-hybridized carbons (Fsp3) is 0.278. The number of benzene rings is 2. The third kappa shape index (κ3) is 2.94. The van der Waals surface area contributed by atoms with Crippen LogP contribution in [0.2, 0.25) is 0 Å². The van der Waals surface area contributed by atoms with E-state index in [0.717, 1.165) is 5.56 Å². The molecule has 0 amide bonds. The molecule has 2 N–H and O–H groups in total. The zero-order valence-electron chi connectivity index (χ0n) is 12.6. The number of hydrogen-bond donors (Lipinski definition) is 2. The van der Waals surface area contributed by atoms with Crippen molar-refractivity contribution in [2.45, 2.75) is 32.9 Å². The van der Waals surface area contributed by atoms with Crippen LogP contribution >= 0.6 is 0 Å². The Balaban J connectivity index is 2.04. The Morgan fingerprint density at radius 3 is 2.62 bits per heavy atom. The van der Waals surface area contributed by atoms with Gasteiger partial charge in [-0.15, -0.1) is 0 Å². The number of aryl methyl sites for hydroxylation is 1. The number of nitrogens with one attached hydrogen (secondary N) is 1. The molecule has 1 heterocycles. The molecule has 0 saturated carbocycles. The van der Waals surface area contributed by atoms with E-state index in [-0.39, 0.29) is 0 Å². The third-order valence-electron chi connectivity index (χ3n) is 3.86. The van der Waals surface area contributed by atoms with Crippen LogP contribution in [0.5, 0.6) is 0 Å². The molecular formula is C18H20NOW. The van der Waals surface area contributed by atoms with Gasteiger partial charge in [-0.05, 0) is 0 Å². The summed E-state index contributed by atoms with van der Waals surface area (Å²) in [6, 6.07) is 15.0. The van der Waals surface area contributed by atoms with Gasteiger partial charge in [0.05, 0.1) is 0 Å². The molecule has 0 spiro atoms. The Bertz CT molecular complexity index is 706. The van der Waals surface area contributed by atoms with Crippen molar-refractivity contribution >= 4 is 7.98 Å². The molecule has 0 fully saturated rings. The van der Waals surface area contributed by atoms with Gasteiger partial charge in [0.1, 0.15) is 0 Å². The van der Waals surface area contributed by atoms with Gasteiger partial charge in [-0.2, -0.15) is 0 Å². The van der Waals surface area contributed by atoms with E-state index < -0.39 is 24.3 Å². The summed E-state index contributed by atoms with van der Waals surface area (Å²) in [5.41, 5.74) is 5.01. The average molecular weight is 450 g/mol. The second-order valence-electron chi connectivity index (χ2n) is 5.74. The Morgan fingerprint density at radius 2 is 1.90 bits per heavy atom. The van der Waals surface area contributed by atoms with Crippen LogP contribution in [0.15, 0.2) is 42.5 Å². The van der Waals surface area contributed by atoms with E-state index in [2.05, 4.69) is 56.4 Å². The van der Waals surface area contributed by atoms with Crippen molar-refractivity contribution in [3.8, 4) is 0 Å². The van der Waals surface area contributed by atoms with Crippen LogP contribution < -0.4 is 9.27 Å². The van der Waals surface area contributed by atoms with Gasteiger partial charge in [0.15, 0.2) is 0 Å². The predicted octanol–water partition coefficient (Wildman–Crippen LogP) is 2.60. The molecule has 2 nitrogen and oxygen atoms in total. The molecule has 0 radical (unpaired) electrons. The molecule has 0 saturated heterocycles. The number of aliphatic hydroxyl groups excluding tert-OH is 1. The molecule has 21 heavy (non-hydrogen) atoms. The fourth-order valence-corrected chi connectivity index (χ4v) is 6.79. The van der Waals surface area contributed by atoms with Gasteiger partial charge in [-0.3, -0.25) is 0 Å². The van der Waals surface area contributed by atoms with E-state index in [9.17, 15) is 5.11 Å². The number of aliphatic hydroxyl groups is 1. The molecule has 3 rings (SSSR count). The number of hydrogen-bond acceptors (Lipinski definition) is 2. The fourth-order valence-electron chi connectivity index (χ4n) is 2.57. The van der Waals surface area contributed by atoms with Crippen LogP contribution in [0, 0.1) is 6.92 Å². The number of rotatable bonds is 2. The van der Waals surface area contributed by atoms with Gasteiger partial charge in [-0.1, -0.05) is 0 Å². The number of fused-ring (bicyclic) bond motifs is 1. The first-order valence-electron chi connectivity index (χ1n) is 7.25. The van der Waals surface area contributed by atoms with Crippen molar-refractivity contribution < 1.29 is 23.2 Å². The van der Waals surface area contributed by atoms with Gasteiger partial charge < -0.3 is 0 Å². The van der Waals surface area contributed by atoms with Crippen molar-refractivity contribution in [2.75, 3.05) is 0 Å². The molecular weight excluding hydrogens is 430 g/mol. The Morgan fingerprint density at radius 1 is 1.14 bits per heavy atom. The maximum atomic E-state index is 10.3. The third-order valence-corrected chi connectivity index (χ3v) is 7.93. The molecule has 0 aliphatic carbocycles. The van der Waals surface area contributed by atoms with E-state index in [1.54, 1.807) is 0 Å². The topological polar surface area (TPSA) is 32.3 Å². The van der Waals surface area contributed by atoms with E-state index in [1.165, 1.54) is 24.7 Å². The SMILES string of the molecule is Cc1cc(C(C)C)ccc1[C]1=[W][c]2ccccc2C(O)N1. The van der Waals surface area contributed by atoms with Gasteiger partial charge >= 0.3 is 134 Å². The van der Waals surface area contributed by atoms with E-state index >= 15 is 0 Å². The van der Waals surface area contributed by atoms with Gasteiger partial charge in [0.25, 0.3) is 0 Å². The maximum absolute atomic E-state index is 10.3. The molecule has 1 unspecified atom stereocenters. The minimum atomic E-state index is -0.849. The van der Waals surface area contributed by atoms with Crippen LogP contribution in [0.25, 0.3) is 0 Å². The second kappa shape index (κ2) is 5.96. The molecule has 3 heteroatoms. The van der Waals surface area contributed by atoms with Crippen LogP contribution in [0.1, 0.15) is 48.2 Å². The van der Waals surface area contributed by atoms with Crippen molar-refractivity contribution in [3.63, 3.8) is 0 Å². The van der Waals surface area contributed by atoms with Crippen LogP contribution in [0.4, 0.5) is 0 Å². The molecule has 1 aliphatic rings. The van der Waals surface area contributed by atoms with Crippen LogP contribution in [-0.4, -0.2) is 9.13 Å². The van der Waals surface area contributed by atoms with Crippen LogP contribution in [-0.2, 0) is 18.1 Å². The Labute approximate surface area is 134 Å². The van der Waals surface area contributed by atoms with E-state index in [0.29, 0.717) is 5.92 Å². The van der Waals surface area contributed by atoms with Gasteiger partial charge in [0, 0.05) is 0 Å². The molecule has 1 aliphatic heterocycles. The molecule has 2 aromatic rings. The summed E-state index contributed by atoms with van der Waals surface area (Å²) in [6.07, 6.45) is -0.575. The zero-order valence-corrected chi connectivity index (χ0v) is 15.5. The predicted molar refractivity (Wildman–Crippen MR) is 83.5 cm³/mol. The first kappa shape index (κ1) is 14.8. The van der Waals surface area contributed by atoms with E-state index in [4.69, 9.17) is 0 Å². The second-order valence-corrected chi connectivity index (χ2v) is 9.53. The van der Waals surface area contributed by atoms with Crippen LogP contribution in [0.3, 0.4) is 0 Å². The van der Waals surface area contributed by atoms with Crippen molar-refractivity contribution in [2.24, 2.45) is 0 Å². The molecule has 0 bridgehead atoms. The molecule has 1 atom stereocenters. The summed E-state index contributed by atoms with van der Waals surface area (Å²) < 4.78 is 2.64. The summed E-state index contributed by atoms with van der Waals surface area (Å²) in [5, 5.41) is 13.6. The Hall–Kier alpha value is -1.08. The van der Waals surface area contributed by atoms with Gasteiger partial charge in [-0.25, -0.2) is 0 Å². The summed E-state index contributed by atoms with van der Waals surface area (Å²) in [4.78, 5) is 0. The van der Waals surface area contributed by atoms with E-state index in [1.807, 2.05) is 12.1 Å². The molecule has 2 aromatic carbocycles. The summed E-state index contributed by atoms with van der Waals surface area (Å²) in [6.45, 7) is 6.61. The van der Waals surface area contributed by atoms with Crippen molar-refractivity contribution in [3.05, 3.63) is 64.7 Å². The quantitative estimate of drug-likeness (QED) is 0.738. The normalized spacial score (nSPS) is 17.6. The summed E-state index contributed by atoms with van der Waals surface area (Å²) >= 11 is -0.849. The Kier molecular flexibility index (Phi) is 4.21. The first-order chi connectivity index (χ1) is 10.1. The van der Waals surface area contributed by atoms with Crippen molar-refractivity contribution in [1.82, 2.24) is 5.32 Å². The average Bonchev–Trinajstić information content (AvgIpc) is 2.47. The van der Waals surface area contributed by atoms with Crippen molar-refractivity contribution in [1.29, 1.82) is 0 Å². The monoisotopic (exact) mass is 450 g/mol.